The van der Waals surface area contributed by atoms with Crippen LogP contribution in [0.15, 0.2) is 18.2 Å². The smallest absolute Gasteiger partial charge is 0.0942 e. The van der Waals surface area contributed by atoms with Crippen LogP contribution in [0.5, 0.6) is 0 Å². The van der Waals surface area contributed by atoms with Gasteiger partial charge in [0, 0.05) is 24.0 Å². The molecule has 0 saturated heterocycles. The van der Waals surface area contributed by atoms with Gasteiger partial charge in [-0.3, -0.25) is 0 Å². The topological polar surface area (TPSA) is 64.5 Å². The monoisotopic (exact) mass is 236 g/mol. The van der Waals surface area contributed by atoms with Crippen LogP contribution in [-0.4, -0.2) is 35.5 Å². The number of aryl methyl sites for hydroxylation is 1. The zero-order valence-electron chi connectivity index (χ0n) is 10.1. The molecule has 1 aromatic carbocycles. The van der Waals surface area contributed by atoms with Crippen molar-refractivity contribution in [2.24, 2.45) is 0 Å². The van der Waals surface area contributed by atoms with Gasteiger partial charge in [0.2, 0.25) is 0 Å². The number of fused-ring (bicyclic) bond motifs is 1. The van der Waals surface area contributed by atoms with Crippen LogP contribution in [0, 0.1) is 0 Å². The van der Waals surface area contributed by atoms with E-state index in [9.17, 15) is 5.11 Å². The summed E-state index contributed by atoms with van der Waals surface area (Å²) in [6.07, 6.45) is 1.53. The van der Waals surface area contributed by atoms with Gasteiger partial charge in [-0.2, -0.15) is 0 Å². The van der Waals surface area contributed by atoms with Crippen molar-refractivity contribution in [3.05, 3.63) is 23.8 Å². The highest BCUT2D eigenvalue weighted by molar-refractivity contribution is 5.61. The lowest BCUT2D eigenvalue weighted by molar-refractivity contribution is 0.105. The Morgan fingerprint density at radius 2 is 2.35 bits per heavy atom. The van der Waals surface area contributed by atoms with E-state index in [2.05, 4.69) is 29.7 Å². The maximum Gasteiger partial charge on any atom is 0.0942 e. The highest BCUT2D eigenvalue weighted by Crippen LogP contribution is 2.27. The van der Waals surface area contributed by atoms with E-state index < -0.39 is 6.10 Å². The van der Waals surface area contributed by atoms with Crippen LogP contribution in [0.3, 0.4) is 0 Å². The highest BCUT2D eigenvalue weighted by Gasteiger charge is 2.14. The van der Waals surface area contributed by atoms with Gasteiger partial charge in [-0.05, 0) is 43.5 Å². The van der Waals surface area contributed by atoms with Crippen molar-refractivity contribution in [3.63, 3.8) is 0 Å². The molecular weight excluding hydrogens is 216 g/mol. The van der Waals surface area contributed by atoms with E-state index in [0.29, 0.717) is 12.6 Å². The Morgan fingerprint density at radius 1 is 1.53 bits per heavy atom. The zero-order valence-corrected chi connectivity index (χ0v) is 10.1. The molecule has 2 atom stereocenters. The van der Waals surface area contributed by atoms with E-state index in [4.69, 9.17) is 5.11 Å². The molecule has 94 valence electrons. The van der Waals surface area contributed by atoms with Gasteiger partial charge in [-0.1, -0.05) is 0 Å². The molecule has 0 spiro atoms. The summed E-state index contributed by atoms with van der Waals surface area (Å²) < 4.78 is 0. The minimum Gasteiger partial charge on any atom is -0.394 e. The summed E-state index contributed by atoms with van der Waals surface area (Å²) in [4.78, 5) is 0. The molecule has 0 amide bonds. The second-order valence-electron chi connectivity index (χ2n) is 4.67. The summed E-state index contributed by atoms with van der Waals surface area (Å²) in [5.74, 6) is 0. The molecule has 1 heterocycles. The fourth-order valence-corrected chi connectivity index (χ4v) is 2.06. The third-order valence-electron chi connectivity index (χ3n) is 3.11. The number of hydrogen-bond acceptors (Lipinski definition) is 4. The van der Waals surface area contributed by atoms with Gasteiger partial charge in [0.15, 0.2) is 0 Å². The van der Waals surface area contributed by atoms with E-state index in [1.807, 2.05) is 6.07 Å². The van der Waals surface area contributed by atoms with Gasteiger partial charge in [0.1, 0.15) is 0 Å². The Bertz CT molecular complexity index is 382. The number of nitrogens with one attached hydrogen (secondary N) is 2. The van der Waals surface area contributed by atoms with E-state index in [1.54, 1.807) is 0 Å². The minimum atomic E-state index is -0.704. The van der Waals surface area contributed by atoms with Crippen LogP contribution in [-0.2, 0) is 6.42 Å². The molecule has 0 bridgehead atoms. The predicted octanol–water partition coefficient (Wildman–Crippen LogP) is 1.20. The Labute approximate surface area is 102 Å². The Hall–Kier alpha value is -1.26. The van der Waals surface area contributed by atoms with E-state index >= 15 is 0 Å². The van der Waals surface area contributed by atoms with Gasteiger partial charge >= 0.3 is 0 Å². The Kier molecular flexibility index (Phi) is 3.86. The summed E-state index contributed by atoms with van der Waals surface area (Å²) in [6, 6.07) is 6.71. The molecule has 0 aromatic heterocycles. The molecule has 1 aliphatic heterocycles. The summed E-state index contributed by atoms with van der Waals surface area (Å²) in [5, 5.41) is 24.6. The maximum absolute atomic E-state index is 9.27. The van der Waals surface area contributed by atoms with Crippen LogP contribution in [0.2, 0.25) is 0 Å². The largest absolute Gasteiger partial charge is 0.394 e. The zero-order chi connectivity index (χ0) is 12.3. The standard InChI is InChI=1S/C13H20N2O2/c1-9-2-3-10-6-11(4-5-13(10)15-9)14-7-12(17)8-16/h4-6,9,12,14-17H,2-3,7-8H2,1H3. The third kappa shape index (κ3) is 3.11. The normalized spacial score (nSPS) is 20.3. The molecule has 17 heavy (non-hydrogen) atoms. The molecule has 0 fully saturated rings. The Balaban J connectivity index is 2.01. The lowest BCUT2D eigenvalue weighted by atomic mass is 9.98. The number of rotatable bonds is 4. The average molecular weight is 236 g/mol. The number of benzene rings is 1. The van der Waals surface area contributed by atoms with Crippen LogP contribution in [0.25, 0.3) is 0 Å². The van der Waals surface area contributed by atoms with Crippen molar-refractivity contribution in [1.82, 2.24) is 0 Å². The van der Waals surface area contributed by atoms with Crippen molar-refractivity contribution >= 4 is 11.4 Å². The molecule has 4 heteroatoms. The summed E-state index contributed by atoms with van der Waals surface area (Å²) in [6.45, 7) is 2.35. The quantitative estimate of drug-likeness (QED) is 0.634. The number of hydrogen-bond donors (Lipinski definition) is 4. The molecule has 1 aliphatic rings. The third-order valence-corrected chi connectivity index (χ3v) is 3.11. The van der Waals surface area contributed by atoms with Crippen LogP contribution >= 0.6 is 0 Å². The second-order valence-corrected chi connectivity index (χ2v) is 4.67. The van der Waals surface area contributed by atoms with Gasteiger partial charge in [0.25, 0.3) is 0 Å². The van der Waals surface area contributed by atoms with E-state index in [-0.39, 0.29) is 6.61 Å². The maximum atomic E-state index is 9.27. The SMILES string of the molecule is CC1CCc2cc(NCC(O)CO)ccc2N1. The molecule has 2 unspecified atom stereocenters. The summed E-state index contributed by atoms with van der Waals surface area (Å²) in [5.41, 5.74) is 3.51. The molecule has 0 aliphatic carbocycles. The first kappa shape index (κ1) is 12.2. The Morgan fingerprint density at radius 3 is 3.12 bits per heavy atom. The summed E-state index contributed by atoms with van der Waals surface area (Å²) >= 11 is 0. The van der Waals surface area contributed by atoms with E-state index in [1.165, 1.54) is 11.3 Å². The highest BCUT2D eigenvalue weighted by atomic mass is 16.3. The van der Waals surface area contributed by atoms with Crippen LogP contribution < -0.4 is 10.6 Å². The lowest BCUT2D eigenvalue weighted by Gasteiger charge is -2.24. The summed E-state index contributed by atoms with van der Waals surface area (Å²) in [7, 11) is 0. The first-order valence-electron chi connectivity index (χ1n) is 6.11. The number of aliphatic hydroxyl groups excluding tert-OH is 2. The molecule has 0 saturated carbocycles. The van der Waals surface area contributed by atoms with Crippen molar-refractivity contribution < 1.29 is 10.2 Å². The first-order chi connectivity index (χ1) is 8.19. The molecular formula is C13H20N2O2. The second kappa shape index (κ2) is 5.38. The van der Waals surface area contributed by atoms with Gasteiger partial charge < -0.3 is 20.8 Å². The average Bonchev–Trinajstić information content (AvgIpc) is 2.35. The van der Waals surface area contributed by atoms with Gasteiger partial charge in [0.05, 0.1) is 12.7 Å². The number of aliphatic hydroxyl groups is 2. The molecule has 0 radical (unpaired) electrons. The van der Waals surface area contributed by atoms with Crippen molar-refractivity contribution in [1.29, 1.82) is 0 Å². The van der Waals surface area contributed by atoms with Crippen molar-refractivity contribution in [2.45, 2.75) is 31.9 Å². The minimum absolute atomic E-state index is 0.211. The van der Waals surface area contributed by atoms with Crippen molar-refractivity contribution in [3.8, 4) is 0 Å². The van der Waals surface area contributed by atoms with Crippen LogP contribution in [0.4, 0.5) is 11.4 Å². The van der Waals surface area contributed by atoms with Gasteiger partial charge in [-0.25, -0.2) is 0 Å². The fraction of sp³-hybridized carbons (Fsp3) is 0.538. The first-order valence-corrected chi connectivity index (χ1v) is 6.11. The van der Waals surface area contributed by atoms with Crippen LogP contribution in [0.1, 0.15) is 18.9 Å². The lowest BCUT2D eigenvalue weighted by Crippen LogP contribution is -2.24. The fourth-order valence-electron chi connectivity index (χ4n) is 2.06. The molecule has 1 aromatic rings. The number of anilines is 2. The predicted molar refractivity (Wildman–Crippen MR) is 69.4 cm³/mol. The molecule has 2 rings (SSSR count). The molecule has 4 N–H and O–H groups in total. The molecule has 4 nitrogen and oxygen atoms in total. The van der Waals surface area contributed by atoms with E-state index in [0.717, 1.165) is 18.5 Å². The van der Waals surface area contributed by atoms with Gasteiger partial charge in [-0.15, -0.1) is 0 Å². The van der Waals surface area contributed by atoms with Crippen molar-refractivity contribution in [2.75, 3.05) is 23.8 Å².